The minimum atomic E-state index is -4.69. The Balaban J connectivity index is 0.00000800. The largest absolute Gasteiger partial charge is 1.00 e. The fourth-order valence-corrected chi connectivity index (χ4v) is 11.6. The molecule has 21 heteroatoms. The van der Waals surface area contributed by atoms with E-state index in [-0.39, 0.29) is 51.7 Å². The third kappa shape index (κ3) is 12.4. The molecule has 74 heavy (non-hydrogen) atoms. The van der Waals surface area contributed by atoms with E-state index in [1.54, 1.807) is 25.1 Å². The van der Waals surface area contributed by atoms with Crippen molar-refractivity contribution in [2.24, 2.45) is 0 Å². The Morgan fingerprint density at radius 2 is 1.38 bits per heavy atom. The zero-order valence-corrected chi connectivity index (χ0v) is 46.5. The molecule has 0 bridgehead atoms. The first-order valence-electron chi connectivity index (χ1n) is 23.8. The SMILES string of the molecule is Cc1nnc(-c2ccc(CNC(=O)CCCCC[N+]3=C(/C=C/C=C/C=C4/N(CCCCS(=O)(=O)[O-])c5ccc6cc(S(=O)(=O)[O-])ccc6c5C4(C)C)C(C)(C)c4c3ccc3cc(S(=O)(=O)O)ccc43)cc2)nn1.[Na+]. The Labute approximate surface area is 454 Å². The van der Waals surface area contributed by atoms with E-state index < -0.39 is 46.9 Å². The van der Waals surface area contributed by atoms with Gasteiger partial charge in [0.05, 0.1) is 25.3 Å². The van der Waals surface area contributed by atoms with Gasteiger partial charge in [0.15, 0.2) is 11.5 Å². The van der Waals surface area contributed by atoms with Gasteiger partial charge in [-0.3, -0.25) is 9.35 Å². The summed E-state index contributed by atoms with van der Waals surface area (Å²) < 4.78 is 106. The number of rotatable bonds is 19. The van der Waals surface area contributed by atoms with Crippen molar-refractivity contribution in [1.82, 2.24) is 25.7 Å². The number of nitrogens with zero attached hydrogens (tertiary/aromatic N) is 6. The van der Waals surface area contributed by atoms with Crippen LogP contribution in [0.5, 0.6) is 0 Å². The number of hydrogen-bond acceptors (Lipinski definition) is 14. The molecular formula is C53H56N7NaO10S3. The monoisotopic (exact) mass is 1070 g/mol. The predicted molar refractivity (Wildman–Crippen MR) is 277 cm³/mol. The first-order chi connectivity index (χ1) is 34.4. The molecule has 1 aromatic heterocycles. The molecule has 0 fully saturated rings. The van der Waals surface area contributed by atoms with E-state index >= 15 is 0 Å². The Kier molecular flexibility index (Phi) is 17.0. The van der Waals surface area contributed by atoms with Crippen molar-refractivity contribution < 1.29 is 77.8 Å². The van der Waals surface area contributed by atoms with Gasteiger partial charge in [-0.25, -0.2) is 16.8 Å². The zero-order valence-electron chi connectivity index (χ0n) is 42.1. The van der Waals surface area contributed by atoms with Crippen molar-refractivity contribution >= 4 is 74.9 Å². The smallest absolute Gasteiger partial charge is 0.748 e. The molecule has 1 amide bonds. The summed E-state index contributed by atoms with van der Waals surface area (Å²) in [5.74, 6) is 0.367. The van der Waals surface area contributed by atoms with Crippen LogP contribution in [0.2, 0.25) is 0 Å². The van der Waals surface area contributed by atoms with E-state index in [2.05, 4.69) is 55.1 Å². The van der Waals surface area contributed by atoms with E-state index in [0.717, 1.165) is 68.7 Å². The summed E-state index contributed by atoms with van der Waals surface area (Å²) in [6.07, 6.45) is 13.0. The Bertz CT molecular complexity index is 3620. The number of amides is 1. The minimum absolute atomic E-state index is 0. The molecule has 2 N–H and O–H groups in total. The molecule has 0 radical (unpaired) electrons. The summed E-state index contributed by atoms with van der Waals surface area (Å²) in [7, 11) is -13.5. The molecule has 382 valence electrons. The number of carbonyl (C=O) groups excluding carboxylic acids is 1. The summed E-state index contributed by atoms with van der Waals surface area (Å²) >= 11 is 0. The number of hydrogen-bond donors (Lipinski definition) is 2. The summed E-state index contributed by atoms with van der Waals surface area (Å²) in [4.78, 5) is 14.5. The predicted octanol–water partition coefficient (Wildman–Crippen LogP) is 5.08. The van der Waals surface area contributed by atoms with E-state index in [0.29, 0.717) is 61.3 Å². The zero-order chi connectivity index (χ0) is 52.5. The van der Waals surface area contributed by atoms with Gasteiger partial charge < -0.3 is 19.3 Å². The van der Waals surface area contributed by atoms with Crippen LogP contribution in [0, 0.1) is 6.92 Å². The Morgan fingerprint density at radius 3 is 2.04 bits per heavy atom. The van der Waals surface area contributed by atoms with Gasteiger partial charge in [0.1, 0.15) is 16.7 Å². The summed E-state index contributed by atoms with van der Waals surface area (Å²) in [5, 5.41) is 21.9. The standard InChI is InChI=1S/C53H57N7O10S3.Na/c1-35-55-57-51(58-56-35)37-19-17-36(18-20-37)34-54-48(61)16-10-7-11-29-59-44-27-21-38-32-40(72(65,66)67)23-25-42(38)49(44)52(2,3)46(59)14-8-6-9-15-47-53(4,5)50-43-26-24-41(73(68,69)70)33-39(43)22-28-45(50)60(47)30-12-13-31-71(62,63)64;/h6,8-9,14-15,17-28,32-33H,7,10-13,16,29-31,34H2,1-5H3,(H3-,54,61,62,63,64,65,66,67,68,69,70);/q;+1/p-1. The van der Waals surface area contributed by atoms with Gasteiger partial charge in [-0.1, -0.05) is 74.5 Å². The summed E-state index contributed by atoms with van der Waals surface area (Å²) in [5.41, 5.74) is 6.10. The van der Waals surface area contributed by atoms with Crippen molar-refractivity contribution in [3.05, 3.63) is 144 Å². The second kappa shape index (κ2) is 22.3. The molecule has 0 aliphatic carbocycles. The molecule has 0 unspecified atom stereocenters. The van der Waals surface area contributed by atoms with Gasteiger partial charge in [-0.05, 0) is 122 Å². The third-order valence-corrected chi connectivity index (χ3v) is 16.0. The van der Waals surface area contributed by atoms with Crippen LogP contribution >= 0.6 is 0 Å². The number of fused-ring (bicyclic) bond motifs is 6. The number of unbranched alkanes of at least 4 members (excludes halogenated alkanes) is 3. The maximum Gasteiger partial charge on any atom is 1.00 e. The van der Waals surface area contributed by atoms with Crippen LogP contribution in [0.25, 0.3) is 32.9 Å². The van der Waals surface area contributed by atoms with Gasteiger partial charge in [0.2, 0.25) is 17.4 Å². The topological polar surface area (TPSA) is 256 Å². The molecule has 0 spiro atoms. The second-order valence-corrected chi connectivity index (χ2v) is 23.7. The molecule has 2 aliphatic heterocycles. The minimum Gasteiger partial charge on any atom is -0.748 e. The van der Waals surface area contributed by atoms with Gasteiger partial charge in [0.25, 0.3) is 10.1 Å². The van der Waals surface area contributed by atoms with Gasteiger partial charge in [-0.15, -0.1) is 20.4 Å². The van der Waals surface area contributed by atoms with Crippen LogP contribution in [0.3, 0.4) is 0 Å². The maximum atomic E-state index is 12.9. The average Bonchev–Trinajstić information content (AvgIpc) is 3.69. The summed E-state index contributed by atoms with van der Waals surface area (Å²) in [6.45, 7) is 11.4. The van der Waals surface area contributed by atoms with Crippen molar-refractivity contribution in [2.75, 3.05) is 23.7 Å². The molecule has 6 aromatic rings. The van der Waals surface area contributed by atoms with Crippen molar-refractivity contribution in [1.29, 1.82) is 0 Å². The fourth-order valence-electron chi connectivity index (χ4n) is 10.0. The molecule has 2 aliphatic rings. The first-order valence-corrected chi connectivity index (χ1v) is 28.3. The number of allylic oxidation sites excluding steroid dienone is 6. The fraction of sp³-hybridized carbons (Fsp3) is 0.321. The molecular weight excluding hydrogens is 1010 g/mol. The van der Waals surface area contributed by atoms with Crippen LogP contribution in [0.15, 0.2) is 131 Å². The number of benzene rings is 5. The van der Waals surface area contributed by atoms with Crippen LogP contribution in [0.4, 0.5) is 11.4 Å². The van der Waals surface area contributed by atoms with E-state index in [9.17, 15) is 43.7 Å². The van der Waals surface area contributed by atoms with Crippen molar-refractivity contribution in [2.45, 2.75) is 100 Å². The van der Waals surface area contributed by atoms with Crippen molar-refractivity contribution in [3.8, 4) is 11.4 Å². The number of anilines is 1. The quantitative estimate of drug-likeness (QED) is 0.0353. The molecule has 8 rings (SSSR count). The Hall–Kier alpha value is -5.55. The van der Waals surface area contributed by atoms with Crippen LogP contribution < -0.4 is 39.8 Å². The Morgan fingerprint density at radius 1 is 0.730 bits per heavy atom. The average molecular weight is 1070 g/mol. The number of aromatic nitrogens is 4. The summed E-state index contributed by atoms with van der Waals surface area (Å²) in [6, 6.07) is 23.9. The third-order valence-electron chi connectivity index (χ3n) is 13.5. The molecule has 17 nitrogen and oxygen atoms in total. The molecule has 3 heterocycles. The first kappa shape index (κ1) is 56.2. The van der Waals surface area contributed by atoms with Crippen LogP contribution in [0.1, 0.15) is 88.7 Å². The van der Waals surface area contributed by atoms with Crippen molar-refractivity contribution in [3.63, 3.8) is 0 Å². The maximum absolute atomic E-state index is 12.9. The second-order valence-electron chi connectivity index (χ2n) is 19.4. The molecule has 5 aromatic carbocycles. The van der Waals surface area contributed by atoms with Gasteiger partial charge >= 0.3 is 29.6 Å². The van der Waals surface area contributed by atoms with Gasteiger partial charge in [-0.2, -0.15) is 13.0 Å². The van der Waals surface area contributed by atoms with Crippen LogP contribution in [-0.4, -0.2) is 94.3 Å². The van der Waals surface area contributed by atoms with Gasteiger partial charge in [0, 0.05) is 71.8 Å². The number of aryl methyl sites for hydroxylation is 1. The molecule has 0 saturated carbocycles. The normalized spacial score (nSPS) is 15.9. The molecule has 0 saturated heterocycles. The van der Waals surface area contributed by atoms with E-state index in [4.69, 9.17) is 0 Å². The number of nitrogens with one attached hydrogen (secondary N) is 1. The molecule has 0 atom stereocenters. The number of carbonyl (C=O) groups is 1. The van der Waals surface area contributed by atoms with E-state index in [1.807, 2.05) is 80.6 Å². The van der Waals surface area contributed by atoms with Crippen LogP contribution in [-0.2, 0) is 52.5 Å². The van der Waals surface area contributed by atoms with E-state index in [1.165, 1.54) is 24.3 Å².